The summed E-state index contributed by atoms with van der Waals surface area (Å²) in [7, 11) is 0. The van der Waals surface area contributed by atoms with Gasteiger partial charge in [0.05, 0.1) is 6.54 Å². The Morgan fingerprint density at radius 2 is 2.15 bits per heavy atom. The van der Waals surface area contributed by atoms with Gasteiger partial charge in [-0.15, -0.1) is 0 Å². The molecule has 20 heavy (non-hydrogen) atoms. The van der Waals surface area contributed by atoms with Gasteiger partial charge >= 0.3 is 12.1 Å². The number of likely N-dealkylation sites (tertiary alicyclic amines) is 1. The molecule has 2 amide bonds. The Bertz CT molecular complexity index is 404. The molecule has 8 nitrogen and oxygen atoms in total. The van der Waals surface area contributed by atoms with Crippen LogP contribution < -0.4 is 11.1 Å². The maximum Gasteiger partial charge on any atom is 0.408 e. The molecule has 1 fully saturated rings. The van der Waals surface area contributed by atoms with Crippen molar-refractivity contribution in [3.8, 4) is 0 Å². The second kappa shape index (κ2) is 6.08. The number of carbonyl (C=O) groups excluding carboxylic acids is 2. The highest BCUT2D eigenvalue weighted by Crippen LogP contribution is 2.11. The zero-order chi connectivity index (χ0) is 15.5. The third-order valence-electron chi connectivity index (χ3n) is 2.64. The lowest BCUT2D eigenvalue weighted by atomic mass is 10.2. The van der Waals surface area contributed by atoms with Crippen LogP contribution in [0.25, 0.3) is 0 Å². The summed E-state index contributed by atoms with van der Waals surface area (Å²) in [4.78, 5) is 35.6. The monoisotopic (exact) mass is 287 g/mol. The Balaban J connectivity index is 2.59. The molecule has 0 aliphatic carbocycles. The minimum Gasteiger partial charge on any atom is -0.480 e. The SMILES string of the molecule is CC(C)(C)OC(=O)NC(CN1CC(N)CC1=O)C(=O)O. The topological polar surface area (TPSA) is 122 Å². The minimum absolute atomic E-state index is 0.124. The van der Waals surface area contributed by atoms with Crippen LogP contribution in [-0.2, 0) is 14.3 Å². The molecule has 0 aromatic carbocycles. The molecule has 0 aromatic heterocycles. The number of nitrogens with two attached hydrogens (primary N) is 1. The highest BCUT2D eigenvalue weighted by Gasteiger charge is 2.32. The van der Waals surface area contributed by atoms with E-state index in [1.165, 1.54) is 4.90 Å². The van der Waals surface area contributed by atoms with Crippen molar-refractivity contribution in [1.82, 2.24) is 10.2 Å². The Kier molecular flexibility index (Phi) is 4.93. The number of aliphatic carboxylic acids is 1. The third kappa shape index (κ3) is 5.04. The Morgan fingerprint density at radius 3 is 2.55 bits per heavy atom. The molecular weight excluding hydrogens is 266 g/mol. The van der Waals surface area contributed by atoms with Crippen LogP contribution in [-0.4, -0.2) is 58.8 Å². The summed E-state index contributed by atoms with van der Waals surface area (Å²) in [5.41, 5.74) is 4.91. The zero-order valence-corrected chi connectivity index (χ0v) is 11.9. The van der Waals surface area contributed by atoms with Crippen molar-refractivity contribution in [3.05, 3.63) is 0 Å². The maximum absolute atomic E-state index is 11.6. The molecule has 1 aliphatic rings. The smallest absolute Gasteiger partial charge is 0.408 e. The molecule has 1 rings (SSSR count). The summed E-state index contributed by atoms with van der Waals surface area (Å²) in [5.74, 6) is -1.45. The number of carboxylic acid groups (broad SMARTS) is 1. The molecule has 0 aromatic rings. The third-order valence-corrected chi connectivity index (χ3v) is 2.64. The number of hydrogen-bond donors (Lipinski definition) is 3. The van der Waals surface area contributed by atoms with E-state index in [0.29, 0.717) is 6.54 Å². The zero-order valence-electron chi connectivity index (χ0n) is 11.9. The summed E-state index contributed by atoms with van der Waals surface area (Å²) in [6, 6.07) is -1.52. The minimum atomic E-state index is -1.23. The molecule has 0 spiro atoms. The van der Waals surface area contributed by atoms with Gasteiger partial charge in [0.1, 0.15) is 11.6 Å². The summed E-state index contributed by atoms with van der Waals surface area (Å²) in [6.07, 6.45) is -0.639. The lowest BCUT2D eigenvalue weighted by Gasteiger charge is -2.24. The van der Waals surface area contributed by atoms with Crippen LogP contribution in [0.2, 0.25) is 0 Å². The standard InChI is InChI=1S/C12H21N3O5/c1-12(2,3)20-11(19)14-8(10(17)18)6-15-5-7(13)4-9(15)16/h7-8H,4-6,13H2,1-3H3,(H,14,19)(H,17,18). The fourth-order valence-electron chi connectivity index (χ4n) is 1.83. The number of carbonyl (C=O) groups is 3. The average Bonchev–Trinajstić information content (AvgIpc) is 2.53. The van der Waals surface area contributed by atoms with Crippen LogP contribution in [0.5, 0.6) is 0 Å². The lowest BCUT2D eigenvalue weighted by molar-refractivity contribution is -0.140. The number of alkyl carbamates (subject to hydrolysis) is 1. The van der Waals surface area contributed by atoms with Gasteiger partial charge in [0.15, 0.2) is 0 Å². The number of hydrogen-bond acceptors (Lipinski definition) is 5. The summed E-state index contributed by atoms with van der Waals surface area (Å²) in [6.45, 7) is 5.18. The average molecular weight is 287 g/mol. The summed E-state index contributed by atoms with van der Waals surface area (Å²) < 4.78 is 4.99. The molecule has 8 heteroatoms. The van der Waals surface area contributed by atoms with Gasteiger partial charge in [0, 0.05) is 19.0 Å². The molecule has 1 heterocycles. The van der Waals surface area contributed by atoms with E-state index in [-0.39, 0.29) is 24.9 Å². The van der Waals surface area contributed by atoms with Crippen molar-refractivity contribution in [2.75, 3.05) is 13.1 Å². The van der Waals surface area contributed by atoms with E-state index in [0.717, 1.165) is 0 Å². The van der Waals surface area contributed by atoms with E-state index in [1.807, 2.05) is 0 Å². The summed E-state index contributed by atoms with van der Waals surface area (Å²) >= 11 is 0. The molecule has 0 bridgehead atoms. The van der Waals surface area contributed by atoms with Crippen molar-refractivity contribution in [1.29, 1.82) is 0 Å². The molecule has 114 valence electrons. The lowest BCUT2D eigenvalue weighted by Crippen LogP contribution is -2.50. The van der Waals surface area contributed by atoms with Gasteiger partial charge in [0.25, 0.3) is 0 Å². The van der Waals surface area contributed by atoms with Crippen LogP contribution in [0.1, 0.15) is 27.2 Å². The predicted octanol–water partition coefficient (Wildman–Crippen LogP) is -0.476. The quantitative estimate of drug-likeness (QED) is 0.642. The van der Waals surface area contributed by atoms with Gasteiger partial charge in [0.2, 0.25) is 5.91 Å². The summed E-state index contributed by atoms with van der Waals surface area (Å²) in [5, 5.41) is 11.3. The molecule has 2 atom stereocenters. The molecular formula is C12H21N3O5. The van der Waals surface area contributed by atoms with Crippen LogP contribution in [0, 0.1) is 0 Å². The first kappa shape index (κ1) is 16.2. The molecule has 0 radical (unpaired) electrons. The Hall–Kier alpha value is -1.83. The molecule has 0 saturated carbocycles. The van der Waals surface area contributed by atoms with Crippen LogP contribution in [0.4, 0.5) is 4.79 Å². The highest BCUT2D eigenvalue weighted by molar-refractivity contribution is 5.83. The Morgan fingerprint density at radius 1 is 1.55 bits per heavy atom. The van der Waals surface area contributed by atoms with Gasteiger partial charge in [-0.05, 0) is 20.8 Å². The van der Waals surface area contributed by atoms with Crippen molar-refractivity contribution >= 4 is 18.0 Å². The van der Waals surface area contributed by atoms with E-state index in [1.54, 1.807) is 20.8 Å². The van der Waals surface area contributed by atoms with Gasteiger partial charge in [-0.2, -0.15) is 0 Å². The first-order chi connectivity index (χ1) is 9.08. The van der Waals surface area contributed by atoms with Gasteiger partial charge in [-0.3, -0.25) is 4.79 Å². The molecule has 1 aliphatic heterocycles. The van der Waals surface area contributed by atoms with Crippen LogP contribution in [0.15, 0.2) is 0 Å². The van der Waals surface area contributed by atoms with Crippen LogP contribution in [0.3, 0.4) is 0 Å². The van der Waals surface area contributed by atoms with Gasteiger partial charge in [-0.1, -0.05) is 0 Å². The van der Waals surface area contributed by atoms with Crippen molar-refractivity contribution in [2.45, 2.75) is 44.9 Å². The molecule has 4 N–H and O–H groups in total. The molecule has 1 saturated heterocycles. The number of amides is 2. The second-order valence-electron chi connectivity index (χ2n) is 5.80. The predicted molar refractivity (Wildman–Crippen MR) is 70.0 cm³/mol. The van der Waals surface area contributed by atoms with Crippen molar-refractivity contribution < 1.29 is 24.2 Å². The van der Waals surface area contributed by atoms with Crippen molar-refractivity contribution in [2.24, 2.45) is 5.73 Å². The fraction of sp³-hybridized carbons (Fsp3) is 0.750. The first-order valence-electron chi connectivity index (χ1n) is 6.34. The maximum atomic E-state index is 11.6. The van der Waals surface area contributed by atoms with Crippen molar-refractivity contribution in [3.63, 3.8) is 0 Å². The number of carboxylic acids is 1. The fourth-order valence-corrected chi connectivity index (χ4v) is 1.83. The Labute approximate surface area is 117 Å². The first-order valence-corrected chi connectivity index (χ1v) is 6.34. The van der Waals surface area contributed by atoms with Gasteiger partial charge in [-0.25, -0.2) is 9.59 Å². The highest BCUT2D eigenvalue weighted by atomic mass is 16.6. The van der Waals surface area contributed by atoms with E-state index < -0.39 is 23.7 Å². The number of nitrogens with zero attached hydrogens (tertiary/aromatic N) is 1. The molecule has 2 unspecified atom stereocenters. The van der Waals surface area contributed by atoms with E-state index >= 15 is 0 Å². The normalized spacial score (nSPS) is 20.7. The van der Waals surface area contributed by atoms with E-state index in [4.69, 9.17) is 15.6 Å². The van der Waals surface area contributed by atoms with Gasteiger partial charge < -0.3 is 25.8 Å². The second-order valence-corrected chi connectivity index (χ2v) is 5.80. The van der Waals surface area contributed by atoms with E-state index in [9.17, 15) is 14.4 Å². The number of ether oxygens (including phenoxy) is 1. The van der Waals surface area contributed by atoms with E-state index in [2.05, 4.69) is 5.32 Å². The van der Waals surface area contributed by atoms with Crippen LogP contribution >= 0.6 is 0 Å². The largest absolute Gasteiger partial charge is 0.480 e. The number of nitrogens with one attached hydrogen (secondary N) is 1. The number of rotatable bonds is 4.